The van der Waals surface area contributed by atoms with Gasteiger partial charge in [0.05, 0.1) is 6.61 Å². The van der Waals surface area contributed by atoms with Crippen molar-refractivity contribution in [1.29, 1.82) is 0 Å². The number of ether oxygens (including phenoxy) is 1. The molecule has 0 amide bonds. The summed E-state index contributed by atoms with van der Waals surface area (Å²) >= 11 is 0. The Balaban J connectivity index is 3.27. The molecule has 0 saturated carbocycles. The van der Waals surface area contributed by atoms with Crippen molar-refractivity contribution in [2.45, 2.75) is 52.1 Å². The Morgan fingerprint density at radius 3 is 2.46 bits per heavy atom. The Morgan fingerprint density at radius 1 is 1.23 bits per heavy atom. The molecule has 0 fully saturated rings. The van der Waals surface area contributed by atoms with Gasteiger partial charge in [0.25, 0.3) is 0 Å². The molecule has 3 heteroatoms. The van der Waals surface area contributed by atoms with Crippen LogP contribution < -0.4 is 0 Å². The van der Waals surface area contributed by atoms with Crippen LogP contribution in [0.3, 0.4) is 0 Å². The fraction of sp³-hybridized carbons (Fsp3) is 0.900. The summed E-state index contributed by atoms with van der Waals surface area (Å²) in [5.74, 6) is -0.598. The highest BCUT2D eigenvalue weighted by Crippen LogP contribution is 2.01. The van der Waals surface area contributed by atoms with Gasteiger partial charge in [-0.25, -0.2) is 9.90 Å². The smallest absolute Gasteiger partial charge is 0.338 e. The molecule has 1 radical (unpaired) electrons. The summed E-state index contributed by atoms with van der Waals surface area (Å²) in [5, 5.41) is 10.8. The average molecular weight is 187 g/mol. The average Bonchev–Trinajstić information content (AvgIpc) is 2.16. The van der Waals surface area contributed by atoms with Crippen LogP contribution in [0.15, 0.2) is 0 Å². The van der Waals surface area contributed by atoms with Crippen LogP contribution in [-0.2, 0) is 14.6 Å². The van der Waals surface area contributed by atoms with Crippen LogP contribution in [0.2, 0.25) is 0 Å². The van der Waals surface area contributed by atoms with E-state index in [2.05, 4.69) is 6.92 Å². The molecule has 0 heterocycles. The number of esters is 1. The largest absolute Gasteiger partial charge is 0.464 e. The lowest BCUT2D eigenvalue weighted by molar-refractivity contribution is -0.157. The molecule has 0 bridgehead atoms. The summed E-state index contributed by atoms with van der Waals surface area (Å²) in [4.78, 5) is 10.9. The van der Waals surface area contributed by atoms with Crippen LogP contribution in [0.4, 0.5) is 0 Å². The molecule has 0 aromatic carbocycles. The van der Waals surface area contributed by atoms with Crippen molar-refractivity contribution in [1.82, 2.24) is 0 Å². The van der Waals surface area contributed by atoms with Gasteiger partial charge >= 0.3 is 5.97 Å². The molecule has 1 atom stereocenters. The van der Waals surface area contributed by atoms with Gasteiger partial charge in [-0.2, -0.15) is 0 Å². The number of unbranched alkanes of at least 4 members (excludes halogenated alkanes) is 3. The van der Waals surface area contributed by atoms with Crippen molar-refractivity contribution in [3.63, 3.8) is 0 Å². The third kappa shape index (κ3) is 6.58. The first-order valence-electron chi connectivity index (χ1n) is 5.04. The summed E-state index contributed by atoms with van der Waals surface area (Å²) in [7, 11) is 0. The maximum atomic E-state index is 10.9. The van der Waals surface area contributed by atoms with Gasteiger partial charge in [0.1, 0.15) is 0 Å². The van der Waals surface area contributed by atoms with Gasteiger partial charge < -0.3 is 4.74 Å². The highest BCUT2D eigenvalue weighted by Gasteiger charge is 2.15. The van der Waals surface area contributed by atoms with Gasteiger partial charge in [0.2, 0.25) is 0 Å². The van der Waals surface area contributed by atoms with Crippen molar-refractivity contribution in [2.75, 3.05) is 6.61 Å². The van der Waals surface area contributed by atoms with E-state index in [0.717, 1.165) is 25.7 Å². The molecule has 0 aliphatic carbocycles. The van der Waals surface area contributed by atoms with Crippen molar-refractivity contribution in [2.24, 2.45) is 0 Å². The third-order valence-corrected chi connectivity index (χ3v) is 1.88. The second-order valence-corrected chi connectivity index (χ2v) is 3.13. The van der Waals surface area contributed by atoms with Crippen LogP contribution in [0.25, 0.3) is 0 Å². The number of hydrogen-bond acceptors (Lipinski definition) is 2. The van der Waals surface area contributed by atoms with Gasteiger partial charge in [-0.1, -0.05) is 33.1 Å². The Labute approximate surface area is 80.1 Å². The van der Waals surface area contributed by atoms with E-state index >= 15 is 0 Å². The molecule has 0 rings (SSSR count). The van der Waals surface area contributed by atoms with Crippen molar-refractivity contribution in [3.05, 3.63) is 0 Å². The summed E-state index contributed by atoms with van der Waals surface area (Å²) in [6, 6.07) is 0. The van der Waals surface area contributed by atoms with E-state index in [1.807, 2.05) is 0 Å². The fourth-order valence-corrected chi connectivity index (χ4v) is 0.961. The number of rotatable bonds is 7. The number of carbonyl (C=O) groups excluding carboxylic acids is 1. The van der Waals surface area contributed by atoms with E-state index in [1.165, 1.54) is 0 Å². The maximum absolute atomic E-state index is 10.9. The lowest BCUT2D eigenvalue weighted by Crippen LogP contribution is -2.21. The summed E-state index contributed by atoms with van der Waals surface area (Å²) in [5.41, 5.74) is 0. The zero-order chi connectivity index (χ0) is 10.1. The highest BCUT2D eigenvalue weighted by atomic mass is 16.5. The van der Waals surface area contributed by atoms with Crippen molar-refractivity contribution < 1.29 is 14.6 Å². The van der Waals surface area contributed by atoms with E-state index in [9.17, 15) is 9.90 Å². The maximum Gasteiger partial charge on any atom is 0.338 e. The SMILES string of the molecule is CCCCCCOC(=O)C([O])CC. The molecule has 0 saturated heterocycles. The second-order valence-electron chi connectivity index (χ2n) is 3.13. The topological polar surface area (TPSA) is 46.2 Å². The van der Waals surface area contributed by atoms with E-state index in [-0.39, 0.29) is 0 Å². The van der Waals surface area contributed by atoms with Gasteiger partial charge in [-0.05, 0) is 12.8 Å². The minimum atomic E-state index is -1.19. The molecule has 13 heavy (non-hydrogen) atoms. The predicted molar refractivity (Wildman–Crippen MR) is 49.9 cm³/mol. The minimum Gasteiger partial charge on any atom is -0.464 e. The first kappa shape index (κ1) is 12.4. The second kappa shape index (κ2) is 8.05. The van der Waals surface area contributed by atoms with Crippen molar-refractivity contribution >= 4 is 5.97 Å². The molecule has 0 spiro atoms. The van der Waals surface area contributed by atoms with Gasteiger partial charge in [-0.15, -0.1) is 0 Å². The number of hydrogen-bond donors (Lipinski definition) is 0. The van der Waals surface area contributed by atoms with E-state index < -0.39 is 12.1 Å². The monoisotopic (exact) mass is 187 g/mol. The molecule has 0 aliphatic rings. The zero-order valence-electron chi connectivity index (χ0n) is 8.54. The molecule has 0 aliphatic heterocycles. The standard InChI is InChI=1S/C10H19O3/c1-3-5-6-7-8-13-10(12)9(11)4-2/h9H,3-8H2,1-2H3. The van der Waals surface area contributed by atoms with Crippen molar-refractivity contribution in [3.8, 4) is 0 Å². The summed E-state index contributed by atoms with van der Waals surface area (Å²) < 4.78 is 4.79. The first-order chi connectivity index (χ1) is 6.22. The zero-order valence-corrected chi connectivity index (χ0v) is 8.54. The van der Waals surface area contributed by atoms with Gasteiger partial charge in [0.15, 0.2) is 6.10 Å². The van der Waals surface area contributed by atoms with Crippen LogP contribution in [0.5, 0.6) is 0 Å². The Kier molecular flexibility index (Phi) is 7.69. The third-order valence-electron chi connectivity index (χ3n) is 1.88. The van der Waals surface area contributed by atoms with Gasteiger partial charge in [-0.3, -0.25) is 0 Å². The first-order valence-corrected chi connectivity index (χ1v) is 5.04. The lowest BCUT2D eigenvalue weighted by Gasteiger charge is -2.06. The molecule has 1 unspecified atom stereocenters. The van der Waals surface area contributed by atoms with E-state index in [4.69, 9.17) is 4.74 Å². The summed E-state index contributed by atoms with van der Waals surface area (Å²) in [6.07, 6.45) is 3.38. The quantitative estimate of drug-likeness (QED) is 0.453. The summed E-state index contributed by atoms with van der Waals surface area (Å²) in [6.45, 7) is 4.21. The van der Waals surface area contributed by atoms with Crippen LogP contribution in [0, 0.1) is 0 Å². The molecule has 0 N–H and O–H groups in total. The molecular weight excluding hydrogens is 168 g/mol. The molecule has 77 valence electrons. The Morgan fingerprint density at radius 2 is 1.92 bits per heavy atom. The van der Waals surface area contributed by atoms with Crippen LogP contribution >= 0.6 is 0 Å². The number of carbonyl (C=O) groups is 1. The van der Waals surface area contributed by atoms with Gasteiger partial charge in [0, 0.05) is 0 Å². The van der Waals surface area contributed by atoms with E-state index in [1.54, 1.807) is 6.92 Å². The van der Waals surface area contributed by atoms with E-state index in [0.29, 0.717) is 13.0 Å². The normalized spacial score (nSPS) is 12.5. The Bertz CT molecular complexity index is 134. The minimum absolute atomic E-state index is 0.313. The molecule has 0 aromatic heterocycles. The highest BCUT2D eigenvalue weighted by molar-refractivity contribution is 5.74. The molecular formula is C10H19O3. The Hall–Kier alpha value is -0.570. The molecule has 3 nitrogen and oxygen atoms in total. The van der Waals surface area contributed by atoms with Crippen LogP contribution in [0.1, 0.15) is 46.0 Å². The predicted octanol–water partition coefficient (Wildman–Crippen LogP) is 2.32. The lowest BCUT2D eigenvalue weighted by atomic mass is 10.2. The fourth-order valence-electron chi connectivity index (χ4n) is 0.961. The molecule has 0 aromatic rings. The van der Waals surface area contributed by atoms with Crippen LogP contribution in [-0.4, -0.2) is 18.7 Å².